The number of benzene rings is 2. The summed E-state index contributed by atoms with van der Waals surface area (Å²) in [5.41, 5.74) is 1.45. The fraction of sp³-hybridized carbons (Fsp3) is 0.321. The van der Waals surface area contributed by atoms with Gasteiger partial charge in [0.2, 0.25) is 0 Å². The molecule has 0 bridgehead atoms. The van der Waals surface area contributed by atoms with Gasteiger partial charge in [-0.1, -0.05) is 12.6 Å². The van der Waals surface area contributed by atoms with E-state index in [0.717, 1.165) is 25.7 Å². The van der Waals surface area contributed by atoms with Crippen molar-refractivity contribution in [1.29, 1.82) is 0 Å². The van der Waals surface area contributed by atoms with Crippen molar-refractivity contribution in [3.63, 3.8) is 0 Å². The zero-order chi connectivity index (χ0) is 26.3. The van der Waals surface area contributed by atoms with E-state index in [2.05, 4.69) is 11.3 Å². The van der Waals surface area contributed by atoms with Crippen molar-refractivity contribution in [3.8, 4) is 17.2 Å². The Morgan fingerprint density at radius 2 is 1.58 bits per heavy atom. The lowest BCUT2D eigenvalue weighted by Gasteiger charge is -2.11. The molecule has 0 unspecified atom stereocenters. The maximum Gasteiger partial charge on any atom is 0.343 e. The Balaban J connectivity index is 1.78. The highest BCUT2D eigenvalue weighted by Crippen LogP contribution is 2.29. The topological polar surface area (TPSA) is 97.4 Å². The van der Waals surface area contributed by atoms with Crippen molar-refractivity contribution < 1.29 is 38.1 Å². The van der Waals surface area contributed by atoms with Gasteiger partial charge in [-0.25, -0.2) is 14.4 Å². The summed E-state index contributed by atoms with van der Waals surface area (Å²) in [7, 11) is 2.76. The molecular formula is C28H32O8. The molecule has 0 atom stereocenters. The van der Waals surface area contributed by atoms with Crippen LogP contribution in [0.15, 0.2) is 60.7 Å². The van der Waals surface area contributed by atoms with E-state index in [4.69, 9.17) is 18.9 Å². The van der Waals surface area contributed by atoms with Crippen LogP contribution in [0, 0.1) is 0 Å². The molecule has 2 aromatic carbocycles. The molecule has 0 saturated heterocycles. The Kier molecular flexibility index (Phi) is 11.8. The fourth-order valence-electron chi connectivity index (χ4n) is 2.99. The largest absolute Gasteiger partial charge is 0.494 e. The number of rotatable bonds is 14. The summed E-state index contributed by atoms with van der Waals surface area (Å²) in [6.07, 6.45) is 6.41. The minimum atomic E-state index is -0.537. The van der Waals surface area contributed by atoms with E-state index in [1.54, 1.807) is 55.5 Å². The third-order valence-electron chi connectivity index (χ3n) is 4.98. The van der Waals surface area contributed by atoms with Crippen molar-refractivity contribution in [1.82, 2.24) is 0 Å². The number of esters is 3. The molecule has 8 nitrogen and oxygen atoms in total. The van der Waals surface area contributed by atoms with Crippen molar-refractivity contribution in [2.24, 2.45) is 0 Å². The van der Waals surface area contributed by atoms with E-state index < -0.39 is 11.9 Å². The molecule has 0 aliphatic rings. The van der Waals surface area contributed by atoms with E-state index in [-0.39, 0.29) is 11.7 Å². The van der Waals surface area contributed by atoms with Crippen LogP contribution in [0.1, 0.15) is 48.5 Å². The van der Waals surface area contributed by atoms with Crippen LogP contribution in [0.5, 0.6) is 17.2 Å². The van der Waals surface area contributed by atoms with Gasteiger partial charge in [0.1, 0.15) is 5.75 Å². The number of hydrogen-bond donors (Lipinski definition) is 0. The van der Waals surface area contributed by atoms with Crippen LogP contribution in [0.2, 0.25) is 0 Å². The van der Waals surface area contributed by atoms with Gasteiger partial charge in [-0.3, -0.25) is 0 Å². The summed E-state index contributed by atoms with van der Waals surface area (Å²) in [6.45, 7) is 6.11. The van der Waals surface area contributed by atoms with E-state index >= 15 is 0 Å². The molecule has 36 heavy (non-hydrogen) atoms. The van der Waals surface area contributed by atoms with Crippen LogP contribution in [0.3, 0.4) is 0 Å². The van der Waals surface area contributed by atoms with Crippen LogP contribution < -0.4 is 14.2 Å². The van der Waals surface area contributed by atoms with Crippen molar-refractivity contribution >= 4 is 24.0 Å². The molecule has 0 spiro atoms. The van der Waals surface area contributed by atoms with Crippen LogP contribution in [0.4, 0.5) is 0 Å². The molecule has 0 amide bonds. The molecule has 0 saturated carbocycles. The molecule has 2 rings (SSSR count). The second-order valence-corrected chi connectivity index (χ2v) is 7.86. The lowest BCUT2D eigenvalue weighted by atomic mass is 10.2. The number of carbonyl (C=O) groups excluding carboxylic acids is 3. The normalized spacial score (nSPS) is 10.5. The zero-order valence-electron chi connectivity index (χ0n) is 20.9. The summed E-state index contributed by atoms with van der Waals surface area (Å²) >= 11 is 0. The van der Waals surface area contributed by atoms with Gasteiger partial charge in [0.25, 0.3) is 0 Å². The zero-order valence-corrected chi connectivity index (χ0v) is 20.9. The maximum absolute atomic E-state index is 12.6. The Hall–Kier alpha value is -4.07. The Morgan fingerprint density at radius 1 is 0.889 bits per heavy atom. The first-order valence-corrected chi connectivity index (χ1v) is 11.6. The van der Waals surface area contributed by atoms with E-state index in [0.29, 0.717) is 41.4 Å². The Bertz CT molecular complexity index is 1070. The van der Waals surface area contributed by atoms with Gasteiger partial charge in [0.05, 0.1) is 33.0 Å². The first-order chi connectivity index (χ1) is 17.3. The lowest BCUT2D eigenvalue weighted by Crippen LogP contribution is -2.09. The van der Waals surface area contributed by atoms with Gasteiger partial charge in [-0.15, -0.1) is 0 Å². The van der Waals surface area contributed by atoms with Gasteiger partial charge in [-0.05, 0) is 80.6 Å². The predicted octanol–water partition coefficient (Wildman–Crippen LogP) is 5.16. The summed E-state index contributed by atoms with van der Waals surface area (Å²) in [4.78, 5) is 35.1. The highest BCUT2D eigenvalue weighted by molar-refractivity contribution is 5.91. The standard InChI is InChI=1S/C28H32O8/c1-20(2)27(30)35-18-8-6-5-7-17-34-23-13-11-22(12-14-23)28(31)36-24-15-9-21(19-25(24)32-3)10-16-26(29)33-4/h9-16,19H,1,5-8,17-18H2,2-4H3. The van der Waals surface area contributed by atoms with Gasteiger partial charge in [0.15, 0.2) is 11.5 Å². The van der Waals surface area contributed by atoms with Crippen LogP contribution in [0.25, 0.3) is 6.08 Å². The first-order valence-electron chi connectivity index (χ1n) is 11.6. The van der Waals surface area contributed by atoms with Crippen molar-refractivity contribution in [2.75, 3.05) is 27.4 Å². The molecular weight excluding hydrogens is 464 g/mol. The third-order valence-corrected chi connectivity index (χ3v) is 4.98. The molecule has 2 aromatic rings. The highest BCUT2D eigenvalue weighted by atomic mass is 16.6. The van der Waals surface area contributed by atoms with Crippen LogP contribution >= 0.6 is 0 Å². The minimum Gasteiger partial charge on any atom is -0.494 e. The van der Waals surface area contributed by atoms with E-state index in [9.17, 15) is 14.4 Å². The summed E-state index contributed by atoms with van der Waals surface area (Å²) in [5.74, 6) is -0.105. The molecule has 192 valence electrons. The molecule has 0 heterocycles. The number of ether oxygens (including phenoxy) is 5. The van der Waals surface area contributed by atoms with Crippen molar-refractivity contribution in [2.45, 2.75) is 32.6 Å². The second kappa shape index (κ2) is 15.0. The summed E-state index contributed by atoms with van der Waals surface area (Å²) < 4.78 is 26.1. The fourth-order valence-corrected chi connectivity index (χ4v) is 2.99. The minimum absolute atomic E-state index is 0.257. The molecule has 0 N–H and O–H groups in total. The number of methoxy groups -OCH3 is 2. The predicted molar refractivity (Wildman–Crippen MR) is 135 cm³/mol. The Morgan fingerprint density at radius 3 is 2.22 bits per heavy atom. The van der Waals surface area contributed by atoms with E-state index in [1.165, 1.54) is 20.3 Å². The lowest BCUT2D eigenvalue weighted by molar-refractivity contribution is -0.139. The average molecular weight is 497 g/mol. The molecule has 0 radical (unpaired) electrons. The molecule has 0 aliphatic carbocycles. The van der Waals surface area contributed by atoms with Gasteiger partial charge < -0.3 is 23.7 Å². The van der Waals surface area contributed by atoms with E-state index in [1.807, 2.05) is 0 Å². The first kappa shape index (κ1) is 28.2. The number of hydrogen-bond acceptors (Lipinski definition) is 8. The molecule has 0 aromatic heterocycles. The molecule has 0 fully saturated rings. The SMILES string of the molecule is C=C(C)C(=O)OCCCCCCOc1ccc(C(=O)Oc2ccc(C=CC(=O)OC)cc2OC)cc1. The monoisotopic (exact) mass is 496 g/mol. The van der Waals surface area contributed by atoms with Gasteiger partial charge in [0, 0.05) is 11.6 Å². The average Bonchev–Trinajstić information content (AvgIpc) is 2.89. The summed E-state index contributed by atoms with van der Waals surface area (Å²) in [5, 5.41) is 0. The van der Waals surface area contributed by atoms with Crippen LogP contribution in [-0.2, 0) is 19.1 Å². The molecule has 0 aliphatic heterocycles. The summed E-state index contributed by atoms with van der Waals surface area (Å²) in [6, 6.07) is 11.6. The quantitative estimate of drug-likeness (QED) is 0.153. The smallest absolute Gasteiger partial charge is 0.343 e. The number of unbranched alkanes of at least 4 members (excludes halogenated alkanes) is 3. The van der Waals surface area contributed by atoms with Gasteiger partial charge in [-0.2, -0.15) is 0 Å². The second-order valence-electron chi connectivity index (χ2n) is 7.86. The van der Waals surface area contributed by atoms with Crippen LogP contribution in [-0.4, -0.2) is 45.3 Å². The molecule has 8 heteroatoms. The number of carbonyl (C=O) groups is 3. The third kappa shape index (κ3) is 9.66. The van der Waals surface area contributed by atoms with Crippen molar-refractivity contribution in [3.05, 3.63) is 71.8 Å². The Labute approximate surface area is 211 Å². The maximum atomic E-state index is 12.6. The van der Waals surface area contributed by atoms with Gasteiger partial charge >= 0.3 is 17.9 Å². The highest BCUT2D eigenvalue weighted by Gasteiger charge is 2.13.